The lowest BCUT2D eigenvalue weighted by Gasteiger charge is -2.31. The fourth-order valence-electron chi connectivity index (χ4n) is 2.51. The highest BCUT2D eigenvalue weighted by molar-refractivity contribution is 5.98. The van der Waals surface area contributed by atoms with Crippen LogP contribution in [0.2, 0.25) is 0 Å². The van der Waals surface area contributed by atoms with E-state index in [9.17, 15) is 4.79 Å². The second kappa shape index (κ2) is 5.93. The van der Waals surface area contributed by atoms with E-state index in [0.29, 0.717) is 6.61 Å². The van der Waals surface area contributed by atoms with Gasteiger partial charge in [0.25, 0.3) is 0 Å². The smallest absolute Gasteiger partial charge is 0.228 e. The van der Waals surface area contributed by atoms with Crippen molar-refractivity contribution in [3.8, 4) is 11.5 Å². The summed E-state index contributed by atoms with van der Waals surface area (Å²) >= 11 is 0. The third-order valence-electron chi connectivity index (χ3n) is 3.53. The zero-order valence-electron chi connectivity index (χ0n) is 12.6. The molecule has 2 aromatic rings. The molecule has 1 aliphatic rings. The van der Waals surface area contributed by atoms with Crippen LogP contribution in [0.4, 0.5) is 5.69 Å². The first kappa shape index (κ1) is 14.2. The summed E-state index contributed by atoms with van der Waals surface area (Å²) in [6.07, 6.45) is 1.96. The Morgan fingerprint density at radius 3 is 2.59 bits per heavy atom. The predicted octanol–water partition coefficient (Wildman–Crippen LogP) is 3.48. The van der Waals surface area contributed by atoms with Gasteiger partial charge in [0, 0.05) is 6.92 Å². The lowest BCUT2D eigenvalue weighted by Crippen LogP contribution is -2.34. The minimum Gasteiger partial charge on any atom is -0.497 e. The first-order valence-corrected chi connectivity index (χ1v) is 7.06. The molecule has 0 N–H and O–H groups in total. The molecular formula is C18H17NO3. The van der Waals surface area contributed by atoms with Crippen LogP contribution in [0.5, 0.6) is 11.5 Å². The number of rotatable bonds is 2. The van der Waals surface area contributed by atoms with E-state index in [0.717, 1.165) is 28.4 Å². The number of fused-ring (bicyclic) bond motifs is 1. The number of carbonyl (C=O) groups is 1. The van der Waals surface area contributed by atoms with Gasteiger partial charge in [-0.05, 0) is 35.9 Å². The van der Waals surface area contributed by atoms with Gasteiger partial charge in [0.1, 0.15) is 18.1 Å². The molecule has 2 aromatic carbocycles. The Labute approximate surface area is 129 Å². The number of methoxy groups -OCH3 is 1. The highest BCUT2D eigenvalue weighted by Gasteiger charge is 2.25. The molecule has 0 unspecified atom stereocenters. The highest BCUT2D eigenvalue weighted by Crippen LogP contribution is 2.35. The first-order valence-electron chi connectivity index (χ1n) is 7.06. The van der Waals surface area contributed by atoms with E-state index in [2.05, 4.69) is 0 Å². The van der Waals surface area contributed by atoms with Crippen LogP contribution < -0.4 is 14.4 Å². The Balaban J connectivity index is 1.99. The number of para-hydroxylation sites is 2. The molecule has 0 spiro atoms. The van der Waals surface area contributed by atoms with Gasteiger partial charge < -0.3 is 9.47 Å². The zero-order valence-corrected chi connectivity index (χ0v) is 12.6. The van der Waals surface area contributed by atoms with Crippen molar-refractivity contribution >= 4 is 17.7 Å². The van der Waals surface area contributed by atoms with Gasteiger partial charge in [0.05, 0.1) is 18.5 Å². The van der Waals surface area contributed by atoms with Crippen molar-refractivity contribution in [1.29, 1.82) is 0 Å². The molecular weight excluding hydrogens is 278 g/mol. The molecule has 22 heavy (non-hydrogen) atoms. The number of nitrogens with zero attached hydrogens (tertiary/aromatic N) is 1. The molecule has 0 aromatic heterocycles. The summed E-state index contributed by atoms with van der Waals surface area (Å²) < 4.78 is 10.9. The first-order chi connectivity index (χ1) is 10.7. The maximum atomic E-state index is 12.1. The summed E-state index contributed by atoms with van der Waals surface area (Å²) in [4.78, 5) is 13.8. The average Bonchev–Trinajstić information content (AvgIpc) is 2.55. The summed E-state index contributed by atoms with van der Waals surface area (Å²) in [5.74, 6) is 1.50. The molecule has 3 rings (SSSR count). The minimum absolute atomic E-state index is 0.0319. The van der Waals surface area contributed by atoms with Gasteiger partial charge in [0.2, 0.25) is 5.91 Å². The maximum Gasteiger partial charge on any atom is 0.228 e. The van der Waals surface area contributed by atoms with Gasteiger partial charge in [-0.15, -0.1) is 0 Å². The van der Waals surface area contributed by atoms with Gasteiger partial charge >= 0.3 is 0 Å². The Hall–Kier alpha value is -2.75. The van der Waals surface area contributed by atoms with E-state index in [4.69, 9.17) is 9.47 Å². The number of amides is 1. The molecule has 4 nitrogen and oxygen atoms in total. The molecule has 0 atom stereocenters. The Morgan fingerprint density at radius 2 is 1.91 bits per heavy atom. The summed E-state index contributed by atoms with van der Waals surface area (Å²) in [6.45, 7) is 1.92. The predicted molar refractivity (Wildman–Crippen MR) is 86.1 cm³/mol. The summed E-state index contributed by atoms with van der Waals surface area (Å²) in [7, 11) is 1.64. The fourth-order valence-corrected chi connectivity index (χ4v) is 2.51. The zero-order chi connectivity index (χ0) is 15.5. The normalized spacial score (nSPS) is 15.2. The number of hydrogen-bond donors (Lipinski definition) is 0. The molecule has 0 radical (unpaired) electrons. The van der Waals surface area contributed by atoms with Crippen LogP contribution in [0, 0.1) is 0 Å². The van der Waals surface area contributed by atoms with Gasteiger partial charge in [-0.25, -0.2) is 0 Å². The van der Waals surface area contributed by atoms with Crippen LogP contribution in [0.3, 0.4) is 0 Å². The lowest BCUT2D eigenvalue weighted by atomic mass is 10.1. The quantitative estimate of drug-likeness (QED) is 0.851. The van der Waals surface area contributed by atoms with E-state index in [-0.39, 0.29) is 5.91 Å². The van der Waals surface area contributed by atoms with Gasteiger partial charge in [-0.2, -0.15) is 0 Å². The third-order valence-corrected chi connectivity index (χ3v) is 3.53. The third kappa shape index (κ3) is 2.68. The van der Waals surface area contributed by atoms with Crippen molar-refractivity contribution in [2.75, 3.05) is 18.6 Å². The van der Waals surface area contributed by atoms with Crippen LogP contribution in [0.15, 0.2) is 54.2 Å². The molecule has 0 aliphatic carbocycles. The highest BCUT2D eigenvalue weighted by atomic mass is 16.5. The molecule has 0 saturated carbocycles. The molecule has 4 heteroatoms. The number of anilines is 1. The van der Waals surface area contributed by atoms with Gasteiger partial charge in [0.15, 0.2) is 0 Å². The number of ether oxygens (including phenoxy) is 2. The minimum atomic E-state index is -0.0319. The van der Waals surface area contributed by atoms with Crippen molar-refractivity contribution in [2.45, 2.75) is 6.92 Å². The van der Waals surface area contributed by atoms with Crippen LogP contribution in [0.1, 0.15) is 12.5 Å². The SMILES string of the molecule is COc1ccc(/C=C2/COc3ccccc3N2C(C)=O)cc1. The Morgan fingerprint density at radius 1 is 1.18 bits per heavy atom. The van der Waals surface area contributed by atoms with Crippen molar-refractivity contribution < 1.29 is 14.3 Å². The summed E-state index contributed by atoms with van der Waals surface area (Å²) in [6, 6.07) is 15.2. The molecule has 1 heterocycles. The monoisotopic (exact) mass is 295 g/mol. The maximum absolute atomic E-state index is 12.1. The molecule has 1 aliphatic heterocycles. The van der Waals surface area contributed by atoms with Crippen LogP contribution in [-0.4, -0.2) is 19.6 Å². The van der Waals surface area contributed by atoms with Crippen LogP contribution in [0.25, 0.3) is 6.08 Å². The Kier molecular flexibility index (Phi) is 3.83. The van der Waals surface area contributed by atoms with E-state index in [1.54, 1.807) is 18.9 Å². The number of benzene rings is 2. The lowest BCUT2D eigenvalue weighted by molar-refractivity contribution is -0.116. The molecule has 0 fully saturated rings. The molecule has 0 saturated heterocycles. The van der Waals surface area contributed by atoms with Crippen LogP contribution >= 0.6 is 0 Å². The van der Waals surface area contributed by atoms with Crippen LogP contribution in [-0.2, 0) is 4.79 Å². The molecule has 112 valence electrons. The second-order valence-corrected chi connectivity index (χ2v) is 5.02. The average molecular weight is 295 g/mol. The van der Waals surface area contributed by atoms with Crippen molar-refractivity contribution in [2.24, 2.45) is 0 Å². The molecule has 0 bridgehead atoms. The van der Waals surface area contributed by atoms with Gasteiger partial charge in [-0.3, -0.25) is 9.69 Å². The largest absolute Gasteiger partial charge is 0.497 e. The van der Waals surface area contributed by atoms with Crippen molar-refractivity contribution in [3.05, 3.63) is 59.8 Å². The van der Waals surface area contributed by atoms with Gasteiger partial charge in [-0.1, -0.05) is 24.3 Å². The van der Waals surface area contributed by atoms with E-state index in [1.807, 2.05) is 54.6 Å². The second-order valence-electron chi connectivity index (χ2n) is 5.02. The standard InChI is InChI=1S/C18H17NO3/c1-13(20)19-15(11-14-7-9-16(21-2)10-8-14)12-22-18-6-4-3-5-17(18)19/h3-11H,12H2,1-2H3/b15-11-. The van der Waals surface area contributed by atoms with Crippen molar-refractivity contribution in [1.82, 2.24) is 0 Å². The number of carbonyl (C=O) groups excluding carboxylic acids is 1. The fraction of sp³-hybridized carbons (Fsp3) is 0.167. The summed E-state index contributed by atoms with van der Waals surface area (Å²) in [5.41, 5.74) is 2.59. The topological polar surface area (TPSA) is 38.8 Å². The summed E-state index contributed by atoms with van der Waals surface area (Å²) in [5, 5.41) is 0. The Bertz CT molecular complexity index is 719. The number of hydrogen-bond acceptors (Lipinski definition) is 3. The van der Waals surface area contributed by atoms with E-state index >= 15 is 0 Å². The van der Waals surface area contributed by atoms with E-state index in [1.165, 1.54) is 0 Å². The van der Waals surface area contributed by atoms with Crippen molar-refractivity contribution in [3.63, 3.8) is 0 Å². The molecule has 1 amide bonds. The van der Waals surface area contributed by atoms with E-state index < -0.39 is 0 Å².